The zero-order chi connectivity index (χ0) is 10.5. The van der Waals surface area contributed by atoms with Gasteiger partial charge in [-0.25, -0.2) is 4.57 Å². The van der Waals surface area contributed by atoms with Crippen LogP contribution >= 0.6 is 7.82 Å². The first-order valence-electron chi connectivity index (χ1n) is 3.12. The van der Waals surface area contributed by atoms with E-state index >= 15 is 0 Å². The molecule has 13 heavy (non-hydrogen) atoms. The van der Waals surface area contributed by atoms with Crippen LogP contribution in [0.1, 0.15) is 0 Å². The van der Waals surface area contributed by atoms with E-state index in [2.05, 4.69) is 0 Å². The number of nitrogen functional groups attached to an aromatic ring is 1. The number of phenolic OH excluding ortho intramolecular Hbond substituents is 1. The van der Waals surface area contributed by atoms with Crippen LogP contribution in [0.3, 0.4) is 0 Å². The largest absolute Gasteiger partial charge is 0.508 e. The Hall–Kier alpha value is -1.07. The Morgan fingerprint density at radius 3 is 1.62 bits per heavy atom. The van der Waals surface area contributed by atoms with Gasteiger partial charge in [0.05, 0.1) is 0 Å². The van der Waals surface area contributed by atoms with Gasteiger partial charge in [0.2, 0.25) is 0 Å². The monoisotopic (exact) mass is 207 g/mol. The Labute approximate surface area is 74.5 Å². The van der Waals surface area contributed by atoms with Crippen molar-refractivity contribution in [2.45, 2.75) is 0 Å². The Kier molecular flexibility index (Phi) is 4.44. The average molecular weight is 207 g/mol. The smallest absolute Gasteiger partial charge is 0.466 e. The molecule has 0 spiro atoms. The number of aromatic hydroxyl groups is 1. The third-order valence-corrected chi connectivity index (χ3v) is 0.893. The molecular weight excluding hydrogens is 197 g/mol. The van der Waals surface area contributed by atoms with Crippen molar-refractivity contribution in [2.24, 2.45) is 0 Å². The minimum absolute atomic E-state index is 0.249. The zero-order valence-electron chi connectivity index (χ0n) is 6.53. The molecule has 0 aliphatic heterocycles. The topological polar surface area (TPSA) is 124 Å². The molecule has 0 bridgehead atoms. The minimum Gasteiger partial charge on any atom is -0.508 e. The normalized spacial score (nSPS) is 10.1. The van der Waals surface area contributed by atoms with Crippen molar-refractivity contribution in [3.63, 3.8) is 0 Å². The summed E-state index contributed by atoms with van der Waals surface area (Å²) in [5.41, 5.74) is 5.98. The maximum atomic E-state index is 8.88. The summed E-state index contributed by atoms with van der Waals surface area (Å²) in [4.78, 5) is 21.6. The fourth-order valence-electron chi connectivity index (χ4n) is 0.474. The van der Waals surface area contributed by atoms with Crippen LogP contribution in [0.15, 0.2) is 24.3 Å². The van der Waals surface area contributed by atoms with Crippen molar-refractivity contribution in [3.8, 4) is 5.75 Å². The molecular formula is C6H10NO5P. The van der Waals surface area contributed by atoms with Gasteiger partial charge >= 0.3 is 7.82 Å². The number of nitrogens with two attached hydrogens (primary N) is 1. The van der Waals surface area contributed by atoms with Gasteiger partial charge in [0, 0.05) is 5.69 Å². The number of phenols is 1. The molecule has 0 saturated heterocycles. The van der Waals surface area contributed by atoms with E-state index in [4.69, 9.17) is 30.1 Å². The molecule has 0 aliphatic rings. The van der Waals surface area contributed by atoms with Crippen molar-refractivity contribution in [1.82, 2.24) is 0 Å². The van der Waals surface area contributed by atoms with E-state index in [1.165, 1.54) is 0 Å². The summed E-state index contributed by atoms with van der Waals surface area (Å²) in [5, 5.41) is 8.70. The second-order valence-electron chi connectivity index (χ2n) is 2.10. The number of phosphoric acid groups is 1. The van der Waals surface area contributed by atoms with Gasteiger partial charge in [0.25, 0.3) is 0 Å². The van der Waals surface area contributed by atoms with Crippen LogP contribution in [-0.2, 0) is 4.57 Å². The van der Waals surface area contributed by atoms with Crippen LogP contribution in [0.5, 0.6) is 5.75 Å². The number of hydrogen-bond donors (Lipinski definition) is 5. The first kappa shape index (κ1) is 11.9. The van der Waals surface area contributed by atoms with Crippen LogP contribution in [0.4, 0.5) is 5.69 Å². The highest BCUT2D eigenvalue weighted by molar-refractivity contribution is 7.45. The van der Waals surface area contributed by atoms with Crippen molar-refractivity contribution in [2.75, 3.05) is 5.73 Å². The summed E-state index contributed by atoms with van der Waals surface area (Å²) in [6.07, 6.45) is 0. The molecule has 0 fully saturated rings. The lowest BCUT2D eigenvalue weighted by Crippen LogP contribution is -1.80. The Morgan fingerprint density at radius 1 is 1.08 bits per heavy atom. The Balaban J connectivity index is 0.000000252. The predicted molar refractivity (Wildman–Crippen MR) is 46.8 cm³/mol. The summed E-state index contributed by atoms with van der Waals surface area (Å²) in [7, 11) is -4.64. The van der Waals surface area contributed by atoms with Crippen molar-refractivity contribution < 1.29 is 24.4 Å². The van der Waals surface area contributed by atoms with Gasteiger partial charge in [-0.3, -0.25) is 0 Å². The summed E-state index contributed by atoms with van der Waals surface area (Å²) in [6, 6.07) is 6.40. The van der Waals surface area contributed by atoms with Gasteiger partial charge in [-0.05, 0) is 24.3 Å². The summed E-state index contributed by atoms with van der Waals surface area (Å²) >= 11 is 0. The molecule has 0 atom stereocenters. The SMILES string of the molecule is Nc1ccc(O)cc1.O=P(O)(O)O. The van der Waals surface area contributed by atoms with Gasteiger partial charge < -0.3 is 25.5 Å². The maximum Gasteiger partial charge on any atom is 0.466 e. The molecule has 6 nitrogen and oxygen atoms in total. The number of anilines is 1. The summed E-state index contributed by atoms with van der Waals surface area (Å²) in [5.74, 6) is 0.249. The first-order chi connectivity index (χ1) is 5.79. The molecule has 0 aliphatic carbocycles. The van der Waals surface area contributed by atoms with Gasteiger partial charge in [-0.15, -0.1) is 0 Å². The van der Waals surface area contributed by atoms with E-state index in [0.717, 1.165) is 0 Å². The van der Waals surface area contributed by atoms with Crippen LogP contribution in [0, 0.1) is 0 Å². The molecule has 0 saturated carbocycles. The third kappa shape index (κ3) is 10.9. The zero-order valence-corrected chi connectivity index (χ0v) is 7.43. The molecule has 1 aromatic carbocycles. The Morgan fingerprint density at radius 2 is 1.38 bits per heavy atom. The molecule has 1 rings (SSSR count). The maximum absolute atomic E-state index is 8.88. The van der Waals surface area contributed by atoms with Crippen molar-refractivity contribution in [1.29, 1.82) is 0 Å². The van der Waals surface area contributed by atoms with E-state index in [1.54, 1.807) is 24.3 Å². The lowest BCUT2D eigenvalue weighted by atomic mass is 10.3. The van der Waals surface area contributed by atoms with Gasteiger partial charge in [-0.1, -0.05) is 0 Å². The van der Waals surface area contributed by atoms with E-state index in [1.807, 2.05) is 0 Å². The molecule has 0 amide bonds. The third-order valence-electron chi connectivity index (χ3n) is 0.893. The van der Waals surface area contributed by atoms with E-state index in [-0.39, 0.29) is 5.75 Å². The molecule has 7 heteroatoms. The van der Waals surface area contributed by atoms with Crippen LogP contribution in [0.25, 0.3) is 0 Å². The molecule has 0 aromatic heterocycles. The quantitative estimate of drug-likeness (QED) is 0.232. The second kappa shape index (κ2) is 4.84. The summed E-state index contributed by atoms with van der Waals surface area (Å²) < 4.78 is 8.88. The average Bonchev–Trinajstić information content (AvgIpc) is 1.92. The number of rotatable bonds is 0. The number of benzene rings is 1. The van der Waals surface area contributed by atoms with Crippen LogP contribution < -0.4 is 5.73 Å². The lowest BCUT2D eigenvalue weighted by Gasteiger charge is -1.89. The van der Waals surface area contributed by atoms with E-state index < -0.39 is 7.82 Å². The summed E-state index contributed by atoms with van der Waals surface area (Å²) in [6.45, 7) is 0. The van der Waals surface area contributed by atoms with Crippen molar-refractivity contribution >= 4 is 13.5 Å². The van der Waals surface area contributed by atoms with Crippen molar-refractivity contribution in [3.05, 3.63) is 24.3 Å². The fraction of sp³-hybridized carbons (Fsp3) is 0. The molecule has 1 aromatic rings. The van der Waals surface area contributed by atoms with E-state index in [0.29, 0.717) is 5.69 Å². The first-order valence-corrected chi connectivity index (χ1v) is 4.68. The second-order valence-corrected chi connectivity index (χ2v) is 3.13. The molecule has 0 heterocycles. The van der Waals surface area contributed by atoms with Crippen LogP contribution in [0.2, 0.25) is 0 Å². The van der Waals surface area contributed by atoms with Gasteiger partial charge in [0.15, 0.2) is 0 Å². The highest BCUT2D eigenvalue weighted by atomic mass is 31.2. The Bertz CT molecular complexity index is 263. The molecule has 6 N–H and O–H groups in total. The van der Waals surface area contributed by atoms with E-state index in [9.17, 15) is 0 Å². The van der Waals surface area contributed by atoms with Gasteiger partial charge in [0.1, 0.15) is 5.75 Å². The minimum atomic E-state index is -4.64. The predicted octanol–water partition coefficient (Wildman–Crippen LogP) is 0.0458. The van der Waals surface area contributed by atoms with Gasteiger partial charge in [-0.2, -0.15) is 0 Å². The highest BCUT2D eigenvalue weighted by Crippen LogP contribution is 2.25. The molecule has 74 valence electrons. The standard InChI is InChI=1S/C6H7NO.H3O4P/c7-5-1-3-6(8)4-2-5;1-5(2,3)4/h1-4,8H,7H2;(H3,1,2,3,4). The molecule has 0 radical (unpaired) electrons. The molecule has 0 unspecified atom stereocenters. The van der Waals surface area contributed by atoms with Crippen LogP contribution in [-0.4, -0.2) is 19.8 Å². The highest BCUT2D eigenvalue weighted by Gasteiger charge is 2.00. The fourth-order valence-corrected chi connectivity index (χ4v) is 0.474. The lowest BCUT2D eigenvalue weighted by molar-refractivity contribution is 0.275. The number of hydrogen-bond acceptors (Lipinski definition) is 3.